The van der Waals surface area contributed by atoms with Gasteiger partial charge in [-0.3, -0.25) is 9.55 Å². The van der Waals surface area contributed by atoms with E-state index in [9.17, 15) is 5.11 Å². The van der Waals surface area contributed by atoms with Gasteiger partial charge in [0.15, 0.2) is 0 Å². The van der Waals surface area contributed by atoms with Crippen molar-refractivity contribution in [3.63, 3.8) is 0 Å². The summed E-state index contributed by atoms with van der Waals surface area (Å²) in [6, 6.07) is 46.0. The van der Waals surface area contributed by atoms with Gasteiger partial charge in [0.05, 0.1) is 22.3 Å². The molecule has 8 rings (SSSR count). The molecule has 5 heteroatoms. The zero-order chi connectivity index (χ0) is 51.9. The molecule has 0 saturated carbocycles. The molecule has 0 fully saturated rings. The summed E-state index contributed by atoms with van der Waals surface area (Å²) >= 11 is 0. The van der Waals surface area contributed by atoms with Crippen molar-refractivity contribution in [3.8, 4) is 67.5 Å². The van der Waals surface area contributed by atoms with E-state index >= 15 is 0 Å². The van der Waals surface area contributed by atoms with Crippen LogP contribution in [0.5, 0.6) is 5.75 Å². The van der Waals surface area contributed by atoms with Crippen molar-refractivity contribution in [2.75, 3.05) is 0 Å². The molecular formula is C58H60N3OPt-. The predicted molar refractivity (Wildman–Crippen MR) is 261 cm³/mol. The van der Waals surface area contributed by atoms with Gasteiger partial charge in [-0.2, -0.15) is 0 Å². The van der Waals surface area contributed by atoms with Crippen molar-refractivity contribution >= 4 is 11.0 Å². The van der Waals surface area contributed by atoms with Gasteiger partial charge in [0.25, 0.3) is 0 Å². The molecule has 0 saturated heterocycles. The fourth-order valence-corrected chi connectivity index (χ4v) is 7.94. The minimum absolute atomic E-state index is 0. The summed E-state index contributed by atoms with van der Waals surface area (Å²) < 4.78 is 75.9. The molecule has 0 radical (unpaired) electrons. The molecule has 6 aromatic carbocycles. The van der Waals surface area contributed by atoms with E-state index in [4.69, 9.17) is 22.3 Å². The van der Waals surface area contributed by atoms with Crippen molar-refractivity contribution in [1.29, 1.82) is 0 Å². The second-order valence-corrected chi connectivity index (χ2v) is 19.5. The van der Waals surface area contributed by atoms with Gasteiger partial charge in [0.1, 0.15) is 11.6 Å². The van der Waals surface area contributed by atoms with Crippen LogP contribution >= 0.6 is 0 Å². The largest absolute Gasteiger partial charge is 0.507 e. The molecule has 0 spiro atoms. The Kier molecular flexibility index (Phi) is 9.32. The van der Waals surface area contributed by atoms with E-state index < -0.39 is 26.0 Å². The number of rotatable bonds is 6. The van der Waals surface area contributed by atoms with E-state index in [1.165, 1.54) is 17.7 Å². The number of benzene rings is 6. The third-order valence-corrected chi connectivity index (χ3v) is 11.7. The molecule has 0 aliphatic rings. The zero-order valence-corrected chi connectivity index (χ0v) is 39.7. The van der Waals surface area contributed by atoms with Crippen LogP contribution in [0.2, 0.25) is 0 Å². The van der Waals surface area contributed by atoms with E-state index in [0.717, 1.165) is 44.6 Å². The molecule has 0 amide bonds. The minimum atomic E-state index is -3.37. The van der Waals surface area contributed by atoms with Crippen LogP contribution in [0.1, 0.15) is 117 Å². The third kappa shape index (κ3) is 9.25. The van der Waals surface area contributed by atoms with Gasteiger partial charge in [-0.05, 0) is 85.4 Å². The summed E-state index contributed by atoms with van der Waals surface area (Å²) in [4.78, 5) is 10.2. The fourth-order valence-electron chi connectivity index (χ4n) is 7.94. The topological polar surface area (TPSA) is 50.9 Å². The molecule has 4 nitrogen and oxygen atoms in total. The first-order valence-electron chi connectivity index (χ1n) is 25.6. The van der Waals surface area contributed by atoms with Crippen molar-refractivity contribution in [3.05, 3.63) is 168 Å². The van der Waals surface area contributed by atoms with Crippen LogP contribution in [-0.2, 0) is 42.7 Å². The van der Waals surface area contributed by atoms with Crippen LogP contribution < -0.4 is 0 Å². The van der Waals surface area contributed by atoms with E-state index in [0.29, 0.717) is 39.3 Å². The molecule has 324 valence electrons. The Morgan fingerprint density at radius 3 is 1.75 bits per heavy atom. The van der Waals surface area contributed by atoms with Gasteiger partial charge in [-0.1, -0.05) is 185 Å². The van der Waals surface area contributed by atoms with E-state index in [2.05, 4.69) is 134 Å². The van der Waals surface area contributed by atoms with Crippen molar-refractivity contribution in [2.45, 2.75) is 105 Å². The fraction of sp³-hybridized carbons (Fsp3) is 0.276. The molecule has 2 heterocycles. The third-order valence-electron chi connectivity index (χ3n) is 11.7. The van der Waals surface area contributed by atoms with Crippen molar-refractivity contribution in [1.82, 2.24) is 14.5 Å². The number of nitrogens with zero attached hydrogens (tertiary/aromatic N) is 3. The van der Waals surface area contributed by atoms with Gasteiger partial charge in [-0.15, -0.1) is 29.3 Å². The first kappa shape index (κ1) is 34.9. The second kappa shape index (κ2) is 16.9. The second-order valence-electron chi connectivity index (χ2n) is 19.5. The predicted octanol–water partition coefficient (Wildman–Crippen LogP) is 15.4. The van der Waals surface area contributed by atoms with Gasteiger partial charge in [0, 0.05) is 50.9 Å². The summed E-state index contributed by atoms with van der Waals surface area (Å²) in [7, 11) is 0. The normalized spacial score (nSPS) is 15.1. The number of hydrogen-bond acceptors (Lipinski definition) is 3. The Bertz CT molecular complexity index is 3240. The van der Waals surface area contributed by atoms with Crippen molar-refractivity contribution in [2.24, 2.45) is 0 Å². The number of aromatic hydroxyl groups is 1. The summed E-state index contributed by atoms with van der Waals surface area (Å²) in [6.45, 7) is 9.54. The molecule has 1 N–H and O–H groups in total. The summed E-state index contributed by atoms with van der Waals surface area (Å²) in [5.74, 6) is 0.676. The molecule has 0 unspecified atom stereocenters. The van der Waals surface area contributed by atoms with E-state index in [1.807, 2.05) is 30.3 Å². The Hall–Kier alpha value is -5.57. The summed E-state index contributed by atoms with van der Waals surface area (Å²) in [5.41, 5.74) is 8.72. The number of fused-ring (bicyclic) bond motifs is 1. The molecule has 0 aliphatic carbocycles. The SMILES string of the molecule is [2H]C([2H])([2H])C(c1ccc(-c2ccnc(-c3[c-]c(-c4cccc5c4nc(-c4ccccc4O)n5-c4cc(C(C)(C)C)ccc4-c4ccc(C(C)(C)C)cc4)cc(C(C)(C)C)c3)c2)cc1)(C([2H])([2H])[2H])C([2H])([2H])[2H].[Pt]. The molecule has 2 aromatic heterocycles. The average Bonchev–Trinajstić information content (AvgIpc) is 3.66. The Balaban J connectivity index is 0.00000760. The zero-order valence-electron chi connectivity index (χ0n) is 46.4. The number of phenolic OH excluding ortho intramolecular Hbond substituents is 1. The van der Waals surface area contributed by atoms with Gasteiger partial charge in [0.2, 0.25) is 0 Å². The number of imidazole rings is 1. The maximum absolute atomic E-state index is 11.5. The summed E-state index contributed by atoms with van der Waals surface area (Å²) in [6.07, 6.45) is 1.66. The number of para-hydroxylation sites is 2. The van der Waals surface area contributed by atoms with Gasteiger partial charge < -0.3 is 5.11 Å². The minimum Gasteiger partial charge on any atom is -0.507 e. The van der Waals surface area contributed by atoms with Crippen LogP contribution in [0, 0.1) is 6.07 Å². The number of aromatic nitrogens is 3. The molecule has 0 aliphatic heterocycles. The molecule has 0 atom stereocenters. The Labute approximate surface area is 402 Å². The standard InChI is InChI=1S/C58H60N3O.Pt/c1-55(2,3)42-24-20-37(21-25-42)39-30-31-59-49(35-39)41-32-40(33-45(34-41)58(10,11)12)47-17-15-18-50-53(47)60-54(48-16-13-14-19-52(48)62)61(50)51-36-44(57(7,8)9)28-29-46(51)38-22-26-43(27-23-38)56(4,5)6;/h13-31,33-36,62H,1-12H3;/q-1;/i1D3,2D3,3D3;. The van der Waals surface area contributed by atoms with E-state index in [1.54, 1.807) is 36.5 Å². The quantitative estimate of drug-likeness (QED) is 0.169. The smallest absolute Gasteiger partial charge is 0.148 e. The summed E-state index contributed by atoms with van der Waals surface area (Å²) in [5, 5.41) is 11.5. The Morgan fingerprint density at radius 2 is 1.11 bits per heavy atom. The average molecular weight is 1020 g/mol. The maximum atomic E-state index is 11.5. The molecular weight excluding hydrogens is 950 g/mol. The molecule has 0 bridgehead atoms. The van der Waals surface area contributed by atoms with Crippen LogP contribution in [0.25, 0.3) is 72.7 Å². The number of pyridine rings is 1. The van der Waals surface area contributed by atoms with Crippen LogP contribution in [0.15, 0.2) is 140 Å². The maximum Gasteiger partial charge on any atom is 0.148 e. The molecule has 8 aromatic rings. The number of hydrogen-bond donors (Lipinski definition) is 1. The van der Waals surface area contributed by atoms with Gasteiger partial charge in [-0.25, -0.2) is 4.98 Å². The van der Waals surface area contributed by atoms with Gasteiger partial charge >= 0.3 is 0 Å². The first-order valence-corrected chi connectivity index (χ1v) is 21.1. The Morgan fingerprint density at radius 1 is 0.524 bits per heavy atom. The van der Waals surface area contributed by atoms with E-state index in [-0.39, 0.29) is 48.6 Å². The first-order chi connectivity index (χ1) is 32.9. The monoisotopic (exact) mass is 1020 g/mol. The number of phenols is 1. The van der Waals surface area contributed by atoms with Crippen LogP contribution in [-0.4, -0.2) is 19.6 Å². The molecule has 63 heavy (non-hydrogen) atoms. The van der Waals surface area contributed by atoms with Crippen LogP contribution in [0.4, 0.5) is 0 Å². The van der Waals surface area contributed by atoms with Crippen molar-refractivity contribution < 1.29 is 38.5 Å². The van der Waals surface area contributed by atoms with Crippen LogP contribution in [0.3, 0.4) is 0 Å².